The molecule has 6 nitrogen and oxygen atoms in total. The molecule has 0 fully saturated rings. The molecule has 0 bridgehead atoms. The van der Waals surface area contributed by atoms with Crippen LogP contribution in [0.1, 0.15) is 53.9 Å². The molecule has 6 heteroatoms. The molecule has 0 saturated carbocycles. The Morgan fingerprint density at radius 1 is 1.13 bits per heavy atom. The van der Waals surface area contributed by atoms with Crippen LogP contribution in [0.5, 0.6) is 5.75 Å². The largest absolute Gasteiger partial charge is 0.489 e. The topological polar surface area (TPSA) is 88.8 Å². The first-order chi connectivity index (χ1) is 14.5. The number of fused-ring (bicyclic) bond motifs is 1. The lowest BCUT2D eigenvalue weighted by Gasteiger charge is -2.33. The Kier molecular flexibility index (Phi) is 6.23. The van der Waals surface area contributed by atoms with Crippen molar-refractivity contribution in [2.24, 2.45) is 5.41 Å². The number of carboxylic acids is 1. The number of aromatic nitrogens is 1. The summed E-state index contributed by atoms with van der Waals surface area (Å²) in [4.78, 5) is 24.7. The Bertz CT molecular complexity index is 1170. The van der Waals surface area contributed by atoms with Crippen LogP contribution in [-0.2, 0) is 6.61 Å². The first-order valence-corrected chi connectivity index (χ1v) is 10.2. The van der Waals surface area contributed by atoms with E-state index < -0.39 is 17.4 Å². The van der Waals surface area contributed by atoms with Crippen LogP contribution >= 0.6 is 0 Å². The molecule has 0 amide bonds. The molecule has 0 saturated heterocycles. The molecule has 0 aliphatic heterocycles. The molecule has 3 aromatic rings. The van der Waals surface area contributed by atoms with Crippen molar-refractivity contribution in [3.63, 3.8) is 0 Å². The van der Waals surface area contributed by atoms with Crippen LogP contribution in [0, 0.1) is 19.3 Å². The number of rotatable bonds is 6. The molecule has 3 rings (SSSR count). The Morgan fingerprint density at radius 3 is 2.32 bits per heavy atom. The molecule has 0 unspecified atom stereocenters. The molecule has 2 N–H and O–H groups in total. The second-order valence-corrected chi connectivity index (χ2v) is 9.06. The molecule has 0 aliphatic carbocycles. The standard InChI is InChI=1S/C25H29NO5/c1-15-6-8-17(9-7-15)14-31-21-11-18-20(10-16(21)2)26(22(13-27)25(3,4)5)12-19(23(18)28)24(29)30/h6-12,22,27H,13-14H2,1-5H3,(H,29,30)/t22-/m1/s1. The maximum absolute atomic E-state index is 12.9. The van der Waals surface area contributed by atoms with Gasteiger partial charge in [0.1, 0.15) is 17.9 Å². The number of ether oxygens (including phenoxy) is 1. The highest BCUT2D eigenvalue weighted by molar-refractivity contribution is 5.93. The highest BCUT2D eigenvalue weighted by Crippen LogP contribution is 2.34. The van der Waals surface area contributed by atoms with Crippen molar-refractivity contribution in [2.45, 2.75) is 47.3 Å². The molecule has 31 heavy (non-hydrogen) atoms. The van der Waals surface area contributed by atoms with Gasteiger partial charge in [-0.1, -0.05) is 50.6 Å². The fourth-order valence-electron chi connectivity index (χ4n) is 3.67. The quantitative estimate of drug-likeness (QED) is 0.610. The van der Waals surface area contributed by atoms with E-state index in [1.54, 1.807) is 10.6 Å². The van der Waals surface area contributed by atoms with Gasteiger partial charge >= 0.3 is 5.97 Å². The normalized spacial score (nSPS) is 12.7. The van der Waals surface area contributed by atoms with Gasteiger partial charge in [0.25, 0.3) is 0 Å². The molecular formula is C25H29NO5. The number of pyridine rings is 1. The molecule has 0 spiro atoms. The third kappa shape index (κ3) is 4.64. The van der Waals surface area contributed by atoms with Crippen LogP contribution < -0.4 is 10.2 Å². The Labute approximate surface area is 181 Å². The van der Waals surface area contributed by atoms with E-state index >= 15 is 0 Å². The van der Waals surface area contributed by atoms with Crippen molar-refractivity contribution in [3.05, 3.63) is 75.1 Å². The number of hydrogen-bond acceptors (Lipinski definition) is 4. The first-order valence-electron chi connectivity index (χ1n) is 10.2. The summed E-state index contributed by atoms with van der Waals surface area (Å²) in [5, 5.41) is 19.9. The van der Waals surface area contributed by atoms with Crippen LogP contribution in [-0.4, -0.2) is 27.4 Å². The van der Waals surface area contributed by atoms with Crippen molar-refractivity contribution in [1.82, 2.24) is 4.57 Å². The molecular weight excluding hydrogens is 394 g/mol. The maximum Gasteiger partial charge on any atom is 0.341 e. The van der Waals surface area contributed by atoms with Gasteiger partial charge in [0.15, 0.2) is 0 Å². The van der Waals surface area contributed by atoms with E-state index in [0.717, 1.165) is 16.7 Å². The molecule has 1 atom stereocenters. The zero-order valence-electron chi connectivity index (χ0n) is 18.6. The highest BCUT2D eigenvalue weighted by atomic mass is 16.5. The molecule has 1 heterocycles. The number of aromatic carboxylic acids is 1. The Morgan fingerprint density at radius 2 is 1.77 bits per heavy atom. The summed E-state index contributed by atoms with van der Waals surface area (Å²) < 4.78 is 7.68. The van der Waals surface area contributed by atoms with Crippen molar-refractivity contribution >= 4 is 16.9 Å². The lowest BCUT2D eigenvalue weighted by Crippen LogP contribution is -2.30. The number of nitrogens with zero attached hydrogens (tertiary/aromatic N) is 1. The first kappa shape index (κ1) is 22.6. The molecule has 164 valence electrons. The fourth-order valence-corrected chi connectivity index (χ4v) is 3.67. The second-order valence-electron chi connectivity index (χ2n) is 9.06. The fraction of sp³-hybridized carbons (Fsp3) is 0.360. The van der Waals surface area contributed by atoms with Crippen LogP contribution in [0.15, 0.2) is 47.4 Å². The van der Waals surface area contributed by atoms with Gasteiger partial charge < -0.3 is 19.5 Å². The van der Waals surface area contributed by atoms with E-state index in [-0.39, 0.29) is 23.0 Å². The predicted octanol–water partition coefficient (Wildman–Crippen LogP) is 4.48. The van der Waals surface area contributed by atoms with E-state index in [0.29, 0.717) is 17.9 Å². The lowest BCUT2D eigenvalue weighted by atomic mass is 9.86. The van der Waals surface area contributed by atoms with Crippen LogP contribution in [0.2, 0.25) is 0 Å². The van der Waals surface area contributed by atoms with Gasteiger partial charge in [-0.15, -0.1) is 0 Å². The van der Waals surface area contributed by atoms with Crippen LogP contribution in [0.4, 0.5) is 0 Å². The molecule has 0 aliphatic rings. The summed E-state index contributed by atoms with van der Waals surface area (Å²) >= 11 is 0. The lowest BCUT2D eigenvalue weighted by molar-refractivity contribution is 0.0692. The van der Waals surface area contributed by atoms with E-state index in [9.17, 15) is 19.8 Å². The number of benzene rings is 2. The smallest absolute Gasteiger partial charge is 0.341 e. The highest BCUT2D eigenvalue weighted by Gasteiger charge is 2.28. The van der Waals surface area contributed by atoms with Crippen LogP contribution in [0.3, 0.4) is 0 Å². The van der Waals surface area contributed by atoms with Crippen molar-refractivity contribution in [1.29, 1.82) is 0 Å². The molecule has 0 radical (unpaired) electrons. The van der Waals surface area contributed by atoms with Gasteiger partial charge in [0.2, 0.25) is 5.43 Å². The summed E-state index contributed by atoms with van der Waals surface area (Å²) in [5.74, 6) is -0.774. The van der Waals surface area contributed by atoms with Gasteiger partial charge in [-0.2, -0.15) is 0 Å². The van der Waals surface area contributed by atoms with Gasteiger partial charge in [-0.25, -0.2) is 4.79 Å². The minimum Gasteiger partial charge on any atom is -0.489 e. The van der Waals surface area contributed by atoms with Crippen LogP contribution in [0.25, 0.3) is 10.9 Å². The molecule has 2 aromatic carbocycles. The average molecular weight is 424 g/mol. The molecule has 1 aromatic heterocycles. The minimum atomic E-state index is -1.30. The zero-order valence-corrected chi connectivity index (χ0v) is 18.6. The summed E-state index contributed by atoms with van der Waals surface area (Å²) in [7, 11) is 0. The van der Waals surface area contributed by atoms with Gasteiger partial charge in [-0.3, -0.25) is 4.79 Å². The summed E-state index contributed by atoms with van der Waals surface area (Å²) in [6, 6.07) is 11.0. The Hall–Kier alpha value is -3.12. The third-order valence-electron chi connectivity index (χ3n) is 5.58. The van der Waals surface area contributed by atoms with Gasteiger partial charge in [-0.05, 0) is 42.5 Å². The van der Waals surface area contributed by atoms with Crippen molar-refractivity contribution < 1.29 is 19.7 Å². The van der Waals surface area contributed by atoms with Gasteiger partial charge in [0.05, 0.1) is 23.6 Å². The van der Waals surface area contributed by atoms with Crippen molar-refractivity contribution in [2.75, 3.05) is 6.61 Å². The second kappa shape index (κ2) is 8.55. The van der Waals surface area contributed by atoms with E-state index in [1.807, 2.05) is 65.0 Å². The number of aliphatic hydroxyl groups is 1. The van der Waals surface area contributed by atoms with E-state index in [1.165, 1.54) is 6.20 Å². The SMILES string of the molecule is Cc1ccc(COc2cc3c(=O)c(C(=O)O)cn([C@H](CO)C(C)(C)C)c3cc2C)cc1. The summed E-state index contributed by atoms with van der Waals surface area (Å²) in [6.07, 6.45) is 1.34. The number of aliphatic hydroxyl groups excluding tert-OH is 1. The summed E-state index contributed by atoms with van der Waals surface area (Å²) in [5.41, 5.74) is 2.29. The number of carbonyl (C=O) groups is 1. The maximum atomic E-state index is 12.9. The summed E-state index contributed by atoms with van der Waals surface area (Å²) in [6.45, 7) is 9.93. The predicted molar refractivity (Wildman–Crippen MR) is 121 cm³/mol. The van der Waals surface area contributed by atoms with Crippen molar-refractivity contribution in [3.8, 4) is 5.75 Å². The number of carboxylic acid groups (broad SMARTS) is 1. The minimum absolute atomic E-state index is 0.189. The van der Waals surface area contributed by atoms with E-state index in [4.69, 9.17) is 4.74 Å². The number of aryl methyl sites for hydroxylation is 2. The third-order valence-corrected chi connectivity index (χ3v) is 5.58. The zero-order chi connectivity index (χ0) is 22.9. The van der Waals surface area contributed by atoms with E-state index in [2.05, 4.69) is 0 Å². The van der Waals surface area contributed by atoms with Gasteiger partial charge in [0, 0.05) is 6.20 Å². The average Bonchev–Trinajstić information content (AvgIpc) is 2.69. The monoisotopic (exact) mass is 423 g/mol. The number of hydrogen-bond donors (Lipinski definition) is 2. The Balaban J connectivity index is 2.16.